The first-order valence-corrected chi connectivity index (χ1v) is 11.1. The van der Waals surface area contributed by atoms with Crippen LogP contribution in [0.15, 0.2) is 72.8 Å². The third kappa shape index (κ3) is 5.52. The van der Waals surface area contributed by atoms with Crippen LogP contribution in [-0.4, -0.2) is 29.5 Å². The lowest BCUT2D eigenvalue weighted by molar-refractivity contribution is -0.00913. The van der Waals surface area contributed by atoms with Crippen molar-refractivity contribution in [2.45, 2.75) is 39.5 Å². The molecule has 0 amide bonds. The van der Waals surface area contributed by atoms with E-state index in [9.17, 15) is 4.39 Å². The molecule has 3 aromatic carbocycles. The summed E-state index contributed by atoms with van der Waals surface area (Å²) in [6, 6.07) is 24.1. The minimum absolute atomic E-state index is 0.162. The van der Waals surface area contributed by atoms with Crippen LogP contribution in [0, 0.1) is 12.7 Å². The summed E-state index contributed by atoms with van der Waals surface area (Å²) in [6.45, 7) is 8.57. The molecule has 0 radical (unpaired) electrons. The minimum atomic E-state index is -0.188. The van der Waals surface area contributed by atoms with Crippen molar-refractivity contribution >= 4 is 0 Å². The largest absolute Gasteiger partial charge is 0.494 e. The Morgan fingerprint density at radius 3 is 2.19 bits per heavy atom. The van der Waals surface area contributed by atoms with Gasteiger partial charge in [-0.2, -0.15) is 0 Å². The van der Waals surface area contributed by atoms with Gasteiger partial charge in [0.25, 0.3) is 0 Å². The van der Waals surface area contributed by atoms with E-state index in [2.05, 4.69) is 65.3 Å². The zero-order valence-electron chi connectivity index (χ0n) is 18.4. The number of nitrogens with zero attached hydrogens (tertiary/aromatic N) is 2. The molecule has 3 aromatic rings. The SMILES string of the molecule is CCOc1ccc(C2N(Cc3ccc(F)cc3)CCCN2Cc2cccc(C)c2)cc1. The average molecular weight is 419 g/mol. The first kappa shape index (κ1) is 21.5. The van der Waals surface area contributed by atoms with Gasteiger partial charge in [0, 0.05) is 26.2 Å². The molecule has 3 nitrogen and oxygen atoms in total. The van der Waals surface area contributed by atoms with Gasteiger partial charge < -0.3 is 4.74 Å². The van der Waals surface area contributed by atoms with Crippen molar-refractivity contribution in [2.24, 2.45) is 0 Å². The minimum Gasteiger partial charge on any atom is -0.494 e. The summed E-state index contributed by atoms with van der Waals surface area (Å²) in [6.07, 6.45) is 1.27. The van der Waals surface area contributed by atoms with E-state index in [-0.39, 0.29) is 12.0 Å². The molecule has 0 spiro atoms. The molecule has 0 N–H and O–H groups in total. The van der Waals surface area contributed by atoms with Gasteiger partial charge in [-0.3, -0.25) is 9.80 Å². The molecular formula is C27H31FN2O. The number of hydrogen-bond donors (Lipinski definition) is 0. The monoisotopic (exact) mass is 418 g/mol. The molecule has 0 bridgehead atoms. The van der Waals surface area contributed by atoms with Crippen molar-refractivity contribution in [1.29, 1.82) is 0 Å². The highest BCUT2D eigenvalue weighted by Gasteiger charge is 2.30. The Balaban J connectivity index is 1.62. The Kier molecular flexibility index (Phi) is 7.00. The zero-order chi connectivity index (χ0) is 21.6. The summed E-state index contributed by atoms with van der Waals surface area (Å²) < 4.78 is 19.1. The molecular weight excluding hydrogens is 387 g/mol. The molecule has 1 atom stereocenters. The highest BCUT2D eigenvalue weighted by atomic mass is 19.1. The fourth-order valence-corrected chi connectivity index (χ4v) is 4.48. The van der Waals surface area contributed by atoms with Crippen LogP contribution in [0.5, 0.6) is 5.75 Å². The van der Waals surface area contributed by atoms with Crippen LogP contribution in [0.25, 0.3) is 0 Å². The number of rotatable bonds is 7. The molecule has 1 fully saturated rings. The Hall–Kier alpha value is -2.69. The van der Waals surface area contributed by atoms with E-state index in [1.807, 2.05) is 19.1 Å². The number of aryl methyl sites for hydroxylation is 1. The lowest BCUT2D eigenvalue weighted by Crippen LogP contribution is -2.46. The van der Waals surface area contributed by atoms with Gasteiger partial charge in [0.05, 0.1) is 12.8 Å². The zero-order valence-corrected chi connectivity index (χ0v) is 18.4. The molecule has 1 unspecified atom stereocenters. The van der Waals surface area contributed by atoms with Gasteiger partial charge in [-0.1, -0.05) is 54.1 Å². The lowest BCUT2D eigenvalue weighted by atomic mass is 10.0. The van der Waals surface area contributed by atoms with E-state index < -0.39 is 0 Å². The first-order valence-electron chi connectivity index (χ1n) is 11.1. The Bertz CT molecular complexity index is 971. The van der Waals surface area contributed by atoms with Crippen LogP contribution in [0.1, 0.15) is 41.8 Å². The fraction of sp³-hybridized carbons (Fsp3) is 0.333. The normalized spacial score (nSPS) is 17.6. The molecule has 0 saturated carbocycles. The molecule has 1 aliphatic heterocycles. The van der Waals surface area contributed by atoms with Gasteiger partial charge in [0.15, 0.2) is 0 Å². The van der Waals surface area contributed by atoms with Gasteiger partial charge >= 0.3 is 0 Å². The van der Waals surface area contributed by atoms with Crippen molar-refractivity contribution in [2.75, 3.05) is 19.7 Å². The molecule has 0 aliphatic carbocycles. The smallest absolute Gasteiger partial charge is 0.123 e. The van der Waals surface area contributed by atoms with Gasteiger partial charge in [-0.25, -0.2) is 4.39 Å². The van der Waals surface area contributed by atoms with Crippen molar-refractivity contribution < 1.29 is 9.13 Å². The molecule has 0 aromatic heterocycles. The van der Waals surface area contributed by atoms with Gasteiger partial charge in [0.1, 0.15) is 11.6 Å². The van der Waals surface area contributed by atoms with Gasteiger partial charge in [0.2, 0.25) is 0 Å². The summed E-state index contributed by atoms with van der Waals surface area (Å²) in [5, 5.41) is 0. The summed E-state index contributed by atoms with van der Waals surface area (Å²) in [5.41, 5.74) is 5.02. The van der Waals surface area contributed by atoms with E-state index in [0.717, 1.165) is 43.9 Å². The number of halogens is 1. The van der Waals surface area contributed by atoms with Crippen LogP contribution in [0.4, 0.5) is 4.39 Å². The maximum Gasteiger partial charge on any atom is 0.123 e. The Morgan fingerprint density at radius 1 is 0.871 bits per heavy atom. The Labute approximate surface area is 185 Å². The van der Waals surface area contributed by atoms with Crippen LogP contribution < -0.4 is 4.74 Å². The molecule has 31 heavy (non-hydrogen) atoms. The van der Waals surface area contributed by atoms with E-state index in [4.69, 9.17) is 4.74 Å². The van der Waals surface area contributed by atoms with Gasteiger partial charge in [-0.15, -0.1) is 0 Å². The van der Waals surface area contributed by atoms with Crippen molar-refractivity contribution in [1.82, 2.24) is 9.80 Å². The van der Waals surface area contributed by atoms with Gasteiger partial charge in [-0.05, 0) is 61.2 Å². The summed E-state index contributed by atoms with van der Waals surface area (Å²) in [7, 11) is 0. The topological polar surface area (TPSA) is 15.7 Å². The molecule has 4 rings (SSSR count). The molecule has 1 saturated heterocycles. The molecule has 1 aliphatic rings. The van der Waals surface area contributed by atoms with E-state index in [0.29, 0.717) is 6.61 Å². The lowest BCUT2D eigenvalue weighted by Gasteiger charge is -2.44. The van der Waals surface area contributed by atoms with Crippen LogP contribution >= 0.6 is 0 Å². The van der Waals surface area contributed by atoms with E-state index in [1.165, 1.54) is 16.7 Å². The summed E-state index contributed by atoms with van der Waals surface area (Å²) in [4.78, 5) is 5.06. The van der Waals surface area contributed by atoms with Crippen LogP contribution in [0.3, 0.4) is 0 Å². The third-order valence-electron chi connectivity index (χ3n) is 5.84. The predicted octanol–water partition coefficient (Wildman–Crippen LogP) is 5.94. The standard InChI is InChI=1S/C27H31FN2O/c1-3-31-26-14-10-24(11-15-26)27-29(19-22-8-12-25(28)13-9-22)16-5-17-30(27)20-23-7-4-6-21(2)18-23/h4,6-15,18,27H,3,5,16-17,19-20H2,1-2H3. The molecule has 4 heteroatoms. The second kappa shape index (κ2) is 10.1. The van der Waals surface area contributed by atoms with Crippen LogP contribution in [0.2, 0.25) is 0 Å². The number of ether oxygens (including phenoxy) is 1. The average Bonchev–Trinajstić information content (AvgIpc) is 2.77. The molecule has 162 valence electrons. The highest BCUT2D eigenvalue weighted by Crippen LogP contribution is 2.33. The maximum atomic E-state index is 13.4. The van der Waals surface area contributed by atoms with Crippen molar-refractivity contribution in [3.8, 4) is 5.75 Å². The predicted molar refractivity (Wildman–Crippen MR) is 123 cm³/mol. The van der Waals surface area contributed by atoms with Crippen molar-refractivity contribution in [3.05, 3.63) is 101 Å². The molecule has 1 heterocycles. The highest BCUT2D eigenvalue weighted by molar-refractivity contribution is 5.30. The van der Waals surface area contributed by atoms with E-state index in [1.54, 1.807) is 12.1 Å². The quantitative estimate of drug-likeness (QED) is 0.472. The third-order valence-corrected chi connectivity index (χ3v) is 5.84. The fourth-order valence-electron chi connectivity index (χ4n) is 4.48. The summed E-state index contributed by atoms with van der Waals surface area (Å²) >= 11 is 0. The first-order chi connectivity index (χ1) is 15.1. The van der Waals surface area contributed by atoms with E-state index >= 15 is 0 Å². The number of benzene rings is 3. The van der Waals surface area contributed by atoms with Crippen molar-refractivity contribution in [3.63, 3.8) is 0 Å². The summed E-state index contributed by atoms with van der Waals surface area (Å²) in [5.74, 6) is 0.712. The number of hydrogen-bond acceptors (Lipinski definition) is 3. The Morgan fingerprint density at radius 2 is 1.55 bits per heavy atom. The maximum absolute atomic E-state index is 13.4. The van der Waals surface area contributed by atoms with Crippen LogP contribution in [-0.2, 0) is 13.1 Å². The second-order valence-corrected chi connectivity index (χ2v) is 8.29. The second-order valence-electron chi connectivity index (χ2n) is 8.29.